The average molecular weight is 357 g/mol. The lowest BCUT2D eigenvalue weighted by Crippen LogP contribution is -2.30. The zero-order valence-corrected chi connectivity index (χ0v) is 15.0. The summed E-state index contributed by atoms with van der Waals surface area (Å²) in [6.07, 6.45) is 1.71. The Morgan fingerprint density at radius 2 is 1.78 bits per heavy atom. The highest BCUT2D eigenvalue weighted by Crippen LogP contribution is 2.16. The zero-order chi connectivity index (χ0) is 18.6. The maximum Gasteiger partial charge on any atom is 0.254 e. The number of carbonyl (C=O) groups is 1. The summed E-state index contributed by atoms with van der Waals surface area (Å²) in [5, 5.41) is 8.27. The highest BCUT2D eigenvalue weighted by molar-refractivity contribution is 5.94. The Bertz CT molecular complexity index is 1060. The molecule has 0 atom stereocenters. The summed E-state index contributed by atoms with van der Waals surface area (Å²) in [6.45, 7) is 3.23. The van der Waals surface area contributed by atoms with Gasteiger partial charge >= 0.3 is 0 Å². The molecule has 0 aliphatic carbocycles. The molecule has 0 aliphatic heterocycles. The molecule has 134 valence electrons. The molecule has 0 bridgehead atoms. The molecule has 27 heavy (non-hydrogen) atoms. The molecule has 0 saturated carbocycles. The van der Waals surface area contributed by atoms with Gasteiger partial charge < -0.3 is 4.90 Å². The molecule has 0 unspecified atom stereocenters. The smallest absolute Gasteiger partial charge is 0.254 e. The molecule has 4 aromatic rings. The van der Waals surface area contributed by atoms with Crippen molar-refractivity contribution in [1.29, 1.82) is 0 Å². The van der Waals surface area contributed by atoms with Gasteiger partial charge in [-0.15, -0.1) is 5.10 Å². The third-order valence-electron chi connectivity index (χ3n) is 4.45. The second kappa shape index (κ2) is 7.37. The van der Waals surface area contributed by atoms with Gasteiger partial charge in [0.1, 0.15) is 5.52 Å². The molecule has 2 aromatic heterocycles. The van der Waals surface area contributed by atoms with Crippen LogP contribution in [0.15, 0.2) is 72.9 Å². The van der Waals surface area contributed by atoms with Gasteiger partial charge in [-0.3, -0.25) is 4.79 Å². The Morgan fingerprint density at radius 1 is 1.00 bits per heavy atom. The highest BCUT2D eigenvalue weighted by atomic mass is 16.2. The first-order valence-corrected chi connectivity index (χ1v) is 8.86. The lowest BCUT2D eigenvalue weighted by atomic mass is 10.1. The van der Waals surface area contributed by atoms with Crippen LogP contribution in [0.2, 0.25) is 0 Å². The van der Waals surface area contributed by atoms with E-state index in [0.29, 0.717) is 24.3 Å². The van der Waals surface area contributed by atoms with E-state index in [2.05, 4.69) is 15.3 Å². The SMILES string of the molecule is CCN(Cc1ccccc1)C(=O)c1ccc(-n2nnc3cccnc32)cc1. The quantitative estimate of drug-likeness (QED) is 0.549. The monoisotopic (exact) mass is 357 g/mol. The first-order chi connectivity index (χ1) is 13.3. The van der Waals surface area contributed by atoms with Crippen LogP contribution < -0.4 is 0 Å². The predicted octanol–water partition coefficient (Wildman–Crippen LogP) is 3.48. The number of hydrogen-bond donors (Lipinski definition) is 0. The first-order valence-electron chi connectivity index (χ1n) is 8.86. The van der Waals surface area contributed by atoms with Gasteiger partial charge in [0.15, 0.2) is 5.65 Å². The number of aromatic nitrogens is 4. The van der Waals surface area contributed by atoms with Gasteiger partial charge in [-0.1, -0.05) is 35.5 Å². The lowest BCUT2D eigenvalue weighted by Gasteiger charge is -2.21. The molecular weight excluding hydrogens is 338 g/mol. The number of amides is 1. The van der Waals surface area contributed by atoms with E-state index in [1.807, 2.05) is 78.6 Å². The van der Waals surface area contributed by atoms with Crippen molar-refractivity contribution in [1.82, 2.24) is 24.9 Å². The Balaban J connectivity index is 1.56. The van der Waals surface area contributed by atoms with Crippen LogP contribution in [0.3, 0.4) is 0 Å². The van der Waals surface area contributed by atoms with Crippen LogP contribution in [0.1, 0.15) is 22.8 Å². The second-order valence-electron chi connectivity index (χ2n) is 6.20. The normalized spacial score (nSPS) is 10.9. The van der Waals surface area contributed by atoms with Crippen LogP contribution in [0.5, 0.6) is 0 Å². The van der Waals surface area contributed by atoms with E-state index >= 15 is 0 Å². The Hall–Kier alpha value is -3.54. The molecule has 0 N–H and O–H groups in total. The fraction of sp³-hybridized carbons (Fsp3) is 0.143. The van der Waals surface area contributed by atoms with Crippen LogP contribution in [-0.2, 0) is 6.54 Å². The van der Waals surface area contributed by atoms with Crippen molar-refractivity contribution in [3.8, 4) is 5.69 Å². The number of pyridine rings is 1. The summed E-state index contributed by atoms with van der Waals surface area (Å²) in [4.78, 5) is 19.0. The lowest BCUT2D eigenvalue weighted by molar-refractivity contribution is 0.0752. The molecule has 0 aliphatic rings. The Labute approximate surface area is 157 Å². The minimum absolute atomic E-state index is 0.00877. The maximum atomic E-state index is 12.9. The Morgan fingerprint density at radius 3 is 2.52 bits per heavy atom. The molecule has 1 amide bonds. The fourth-order valence-electron chi connectivity index (χ4n) is 3.00. The van der Waals surface area contributed by atoms with Crippen molar-refractivity contribution >= 4 is 17.1 Å². The van der Waals surface area contributed by atoms with Gasteiger partial charge in [-0.2, -0.15) is 4.68 Å². The van der Waals surface area contributed by atoms with Crippen LogP contribution in [-0.4, -0.2) is 37.3 Å². The minimum Gasteiger partial charge on any atom is -0.335 e. The number of nitrogens with zero attached hydrogens (tertiary/aromatic N) is 5. The summed E-state index contributed by atoms with van der Waals surface area (Å²) in [5.41, 5.74) is 4.01. The first kappa shape index (κ1) is 16.9. The van der Waals surface area contributed by atoms with Gasteiger partial charge in [-0.05, 0) is 48.9 Å². The standard InChI is InChI=1S/C21H19N5O/c1-2-25(15-16-7-4-3-5-8-16)21(27)17-10-12-18(13-11-17)26-20-19(23-24-26)9-6-14-22-20/h3-14H,2,15H2,1H3. The van der Waals surface area contributed by atoms with Crippen molar-refractivity contribution in [2.45, 2.75) is 13.5 Å². The van der Waals surface area contributed by atoms with Crippen LogP contribution >= 0.6 is 0 Å². The van der Waals surface area contributed by atoms with Crippen molar-refractivity contribution in [3.63, 3.8) is 0 Å². The number of rotatable bonds is 5. The largest absolute Gasteiger partial charge is 0.335 e. The molecular formula is C21H19N5O. The summed E-state index contributed by atoms with van der Waals surface area (Å²) in [6, 6.07) is 21.1. The van der Waals surface area contributed by atoms with E-state index in [-0.39, 0.29) is 5.91 Å². The minimum atomic E-state index is 0.00877. The summed E-state index contributed by atoms with van der Waals surface area (Å²) >= 11 is 0. The molecule has 0 spiro atoms. The average Bonchev–Trinajstić information content (AvgIpc) is 3.16. The van der Waals surface area contributed by atoms with Gasteiger partial charge in [0.2, 0.25) is 0 Å². The molecule has 4 rings (SSSR count). The van der Waals surface area contributed by atoms with Crippen molar-refractivity contribution in [3.05, 3.63) is 84.1 Å². The van der Waals surface area contributed by atoms with Crippen molar-refractivity contribution in [2.24, 2.45) is 0 Å². The molecule has 2 aromatic carbocycles. The molecule has 2 heterocycles. The maximum absolute atomic E-state index is 12.9. The molecule has 6 heteroatoms. The van der Waals surface area contributed by atoms with Gasteiger partial charge in [0.05, 0.1) is 5.69 Å². The second-order valence-corrected chi connectivity index (χ2v) is 6.20. The predicted molar refractivity (Wildman–Crippen MR) is 104 cm³/mol. The van der Waals surface area contributed by atoms with Gasteiger partial charge in [-0.25, -0.2) is 4.98 Å². The van der Waals surface area contributed by atoms with E-state index in [1.165, 1.54) is 0 Å². The van der Waals surface area contributed by atoms with E-state index in [0.717, 1.165) is 16.8 Å². The molecule has 0 radical (unpaired) electrons. The number of fused-ring (bicyclic) bond motifs is 1. The van der Waals surface area contributed by atoms with Crippen molar-refractivity contribution in [2.75, 3.05) is 6.54 Å². The fourth-order valence-corrected chi connectivity index (χ4v) is 3.00. The Kier molecular flexibility index (Phi) is 4.61. The summed E-state index contributed by atoms with van der Waals surface area (Å²) in [5.74, 6) is 0.00877. The van der Waals surface area contributed by atoms with E-state index in [4.69, 9.17) is 0 Å². The summed E-state index contributed by atoms with van der Waals surface area (Å²) < 4.78 is 1.67. The third-order valence-corrected chi connectivity index (χ3v) is 4.45. The number of hydrogen-bond acceptors (Lipinski definition) is 4. The third kappa shape index (κ3) is 3.42. The van der Waals surface area contributed by atoms with E-state index in [9.17, 15) is 4.79 Å². The zero-order valence-electron chi connectivity index (χ0n) is 15.0. The topological polar surface area (TPSA) is 63.9 Å². The molecule has 6 nitrogen and oxygen atoms in total. The van der Waals surface area contributed by atoms with Gasteiger partial charge in [0.25, 0.3) is 5.91 Å². The van der Waals surface area contributed by atoms with Gasteiger partial charge in [0, 0.05) is 24.8 Å². The number of carbonyl (C=O) groups excluding carboxylic acids is 1. The van der Waals surface area contributed by atoms with E-state index in [1.54, 1.807) is 10.9 Å². The van der Waals surface area contributed by atoms with E-state index < -0.39 is 0 Å². The summed E-state index contributed by atoms with van der Waals surface area (Å²) in [7, 11) is 0. The van der Waals surface area contributed by atoms with Crippen LogP contribution in [0, 0.1) is 0 Å². The van der Waals surface area contributed by atoms with Crippen LogP contribution in [0.25, 0.3) is 16.9 Å². The number of benzene rings is 2. The van der Waals surface area contributed by atoms with Crippen molar-refractivity contribution < 1.29 is 4.79 Å². The molecule has 0 saturated heterocycles. The highest BCUT2D eigenvalue weighted by Gasteiger charge is 2.15. The molecule has 0 fully saturated rings. The van der Waals surface area contributed by atoms with Crippen LogP contribution in [0.4, 0.5) is 0 Å².